The first-order chi connectivity index (χ1) is 13.9. The first-order valence-corrected chi connectivity index (χ1v) is 11.9. The topological polar surface area (TPSA) is 49.4 Å². The summed E-state index contributed by atoms with van der Waals surface area (Å²) in [5, 5.41) is 3.49. The van der Waals surface area contributed by atoms with Gasteiger partial charge in [-0.2, -0.15) is 0 Å². The molecular formula is C22H26BrClN2O2S. The lowest BCUT2D eigenvalue weighted by atomic mass is 10.1. The third-order valence-corrected chi connectivity index (χ3v) is 6.18. The number of carbonyl (C=O) groups excluding carboxylic acids is 2. The summed E-state index contributed by atoms with van der Waals surface area (Å²) in [5.41, 5.74) is 2.11. The van der Waals surface area contributed by atoms with E-state index >= 15 is 0 Å². The van der Waals surface area contributed by atoms with Crippen molar-refractivity contribution >= 4 is 51.1 Å². The molecule has 0 heterocycles. The van der Waals surface area contributed by atoms with E-state index in [0.29, 0.717) is 30.3 Å². The fraction of sp³-hybridized carbons (Fsp3) is 0.364. The summed E-state index contributed by atoms with van der Waals surface area (Å²) >= 11 is 11.0. The molecule has 0 aromatic heterocycles. The first kappa shape index (κ1) is 23.8. The SMILES string of the molecule is CCNC(=O)C(CC)N(Cc1ccc(Cl)cc1)C(=O)CSCc1ccc(Br)cc1. The highest BCUT2D eigenvalue weighted by atomic mass is 79.9. The number of nitrogens with one attached hydrogen (secondary N) is 1. The highest BCUT2D eigenvalue weighted by Gasteiger charge is 2.28. The van der Waals surface area contributed by atoms with E-state index in [2.05, 4.69) is 21.2 Å². The highest BCUT2D eigenvalue weighted by Crippen LogP contribution is 2.19. The summed E-state index contributed by atoms with van der Waals surface area (Å²) in [4.78, 5) is 27.3. The van der Waals surface area contributed by atoms with Gasteiger partial charge in [-0.3, -0.25) is 9.59 Å². The molecule has 2 amide bonds. The van der Waals surface area contributed by atoms with Crippen LogP contribution >= 0.6 is 39.3 Å². The van der Waals surface area contributed by atoms with E-state index < -0.39 is 6.04 Å². The molecule has 1 atom stereocenters. The molecule has 0 aliphatic heterocycles. The van der Waals surface area contributed by atoms with Crippen LogP contribution in [0.25, 0.3) is 0 Å². The maximum Gasteiger partial charge on any atom is 0.242 e. The second-order valence-corrected chi connectivity index (χ2v) is 8.92. The quantitative estimate of drug-likeness (QED) is 0.486. The van der Waals surface area contributed by atoms with E-state index in [1.807, 2.05) is 50.2 Å². The molecule has 0 aliphatic rings. The Labute approximate surface area is 190 Å². The van der Waals surface area contributed by atoms with Crippen LogP contribution in [-0.2, 0) is 21.9 Å². The van der Waals surface area contributed by atoms with Gasteiger partial charge in [-0.1, -0.05) is 58.7 Å². The molecule has 7 heteroatoms. The van der Waals surface area contributed by atoms with E-state index in [1.54, 1.807) is 28.8 Å². The molecule has 0 aliphatic carbocycles. The fourth-order valence-corrected chi connectivity index (χ4v) is 4.18. The van der Waals surface area contributed by atoms with Crippen molar-refractivity contribution < 1.29 is 9.59 Å². The maximum absolute atomic E-state index is 13.1. The van der Waals surface area contributed by atoms with Crippen LogP contribution < -0.4 is 5.32 Å². The highest BCUT2D eigenvalue weighted by molar-refractivity contribution is 9.10. The van der Waals surface area contributed by atoms with Crippen molar-refractivity contribution in [3.63, 3.8) is 0 Å². The number of hydrogen-bond donors (Lipinski definition) is 1. The molecule has 0 bridgehead atoms. The van der Waals surface area contributed by atoms with Crippen LogP contribution in [-0.4, -0.2) is 35.1 Å². The van der Waals surface area contributed by atoms with Gasteiger partial charge in [0.2, 0.25) is 11.8 Å². The average molecular weight is 498 g/mol. The number of nitrogens with zero attached hydrogens (tertiary/aromatic N) is 1. The summed E-state index contributed by atoms with van der Waals surface area (Å²) in [7, 11) is 0. The number of rotatable bonds is 10. The number of amides is 2. The molecule has 0 saturated heterocycles. The summed E-state index contributed by atoms with van der Waals surface area (Å²) in [6, 6.07) is 15.0. The van der Waals surface area contributed by atoms with Crippen molar-refractivity contribution in [2.24, 2.45) is 0 Å². The molecule has 0 radical (unpaired) electrons. The Bertz CT molecular complexity index is 799. The monoisotopic (exact) mass is 496 g/mol. The van der Waals surface area contributed by atoms with Crippen molar-refractivity contribution in [1.82, 2.24) is 10.2 Å². The van der Waals surface area contributed by atoms with Crippen LogP contribution in [0.15, 0.2) is 53.0 Å². The van der Waals surface area contributed by atoms with Crippen molar-refractivity contribution in [1.29, 1.82) is 0 Å². The van der Waals surface area contributed by atoms with Gasteiger partial charge >= 0.3 is 0 Å². The molecule has 4 nitrogen and oxygen atoms in total. The molecule has 2 aromatic rings. The lowest BCUT2D eigenvalue weighted by molar-refractivity contribution is -0.139. The predicted molar refractivity (Wildman–Crippen MR) is 125 cm³/mol. The molecule has 29 heavy (non-hydrogen) atoms. The van der Waals surface area contributed by atoms with Gasteiger partial charge in [0.15, 0.2) is 0 Å². The van der Waals surface area contributed by atoms with Gasteiger partial charge in [-0.25, -0.2) is 0 Å². The van der Waals surface area contributed by atoms with E-state index in [4.69, 9.17) is 11.6 Å². The van der Waals surface area contributed by atoms with Gasteiger partial charge in [0.1, 0.15) is 6.04 Å². The minimum Gasteiger partial charge on any atom is -0.355 e. The number of benzene rings is 2. The summed E-state index contributed by atoms with van der Waals surface area (Å²) < 4.78 is 1.03. The second kappa shape index (κ2) is 12.3. The normalized spacial score (nSPS) is 11.7. The second-order valence-electron chi connectivity index (χ2n) is 6.59. The van der Waals surface area contributed by atoms with Gasteiger partial charge in [0.25, 0.3) is 0 Å². The summed E-state index contributed by atoms with van der Waals surface area (Å²) in [6.07, 6.45) is 0.558. The van der Waals surface area contributed by atoms with Crippen LogP contribution in [0.2, 0.25) is 5.02 Å². The number of halogens is 2. The minimum absolute atomic E-state index is 0.0415. The molecule has 1 N–H and O–H groups in total. The summed E-state index contributed by atoms with van der Waals surface area (Å²) in [6.45, 7) is 4.72. The van der Waals surface area contributed by atoms with Gasteiger partial charge in [0, 0.05) is 28.3 Å². The molecule has 2 rings (SSSR count). The van der Waals surface area contributed by atoms with Gasteiger partial charge in [-0.15, -0.1) is 11.8 Å². The average Bonchev–Trinajstić information content (AvgIpc) is 2.71. The number of hydrogen-bond acceptors (Lipinski definition) is 3. The zero-order valence-electron chi connectivity index (χ0n) is 16.7. The third-order valence-electron chi connectivity index (χ3n) is 4.41. The standard InChI is InChI=1S/C22H26BrClN2O2S/c1-3-20(22(28)25-4-2)26(13-16-7-11-19(24)12-8-16)21(27)15-29-14-17-5-9-18(23)10-6-17/h5-12,20H,3-4,13-15H2,1-2H3,(H,25,28). The Balaban J connectivity index is 2.08. The lowest BCUT2D eigenvalue weighted by Crippen LogP contribution is -2.49. The number of thioether (sulfide) groups is 1. The molecule has 0 saturated carbocycles. The largest absolute Gasteiger partial charge is 0.355 e. The number of likely N-dealkylation sites (N-methyl/N-ethyl adjacent to an activating group) is 1. The third kappa shape index (κ3) is 7.68. The van der Waals surface area contributed by atoms with Crippen molar-refractivity contribution in [3.8, 4) is 0 Å². The van der Waals surface area contributed by atoms with Crippen molar-refractivity contribution in [3.05, 3.63) is 69.2 Å². The zero-order valence-corrected chi connectivity index (χ0v) is 19.8. The van der Waals surface area contributed by atoms with Crippen LogP contribution in [0.1, 0.15) is 31.4 Å². The van der Waals surface area contributed by atoms with Crippen molar-refractivity contribution in [2.45, 2.75) is 38.6 Å². The van der Waals surface area contributed by atoms with Gasteiger partial charge < -0.3 is 10.2 Å². The molecule has 0 spiro atoms. The first-order valence-electron chi connectivity index (χ1n) is 9.58. The smallest absolute Gasteiger partial charge is 0.242 e. The van der Waals surface area contributed by atoms with Gasteiger partial charge in [0.05, 0.1) is 5.75 Å². The predicted octanol–water partition coefficient (Wildman–Crippen LogP) is 5.28. The van der Waals surface area contributed by atoms with Crippen molar-refractivity contribution in [2.75, 3.05) is 12.3 Å². The number of carbonyl (C=O) groups is 2. The van der Waals surface area contributed by atoms with E-state index in [9.17, 15) is 9.59 Å². The Morgan fingerprint density at radius 2 is 1.69 bits per heavy atom. The van der Waals surface area contributed by atoms with Crippen LogP contribution in [0, 0.1) is 0 Å². The molecule has 156 valence electrons. The maximum atomic E-state index is 13.1. The molecule has 1 unspecified atom stereocenters. The fourth-order valence-electron chi connectivity index (χ4n) is 2.92. The Morgan fingerprint density at radius 1 is 1.07 bits per heavy atom. The van der Waals surface area contributed by atoms with E-state index in [1.165, 1.54) is 0 Å². The molecular weight excluding hydrogens is 472 g/mol. The Kier molecular flexibility index (Phi) is 10.0. The van der Waals surface area contributed by atoms with Gasteiger partial charge in [-0.05, 0) is 48.7 Å². The Hall–Kier alpha value is -1.50. The van der Waals surface area contributed by atoms with Crippen LogP contribution in [0.5, 0.6) is 0 Å². The minimum atomic E-state index is -0.494. The molecule has 2 aromatic carbocycles. The molecule has 0 fully saturated rings. The van der Waals surface area contributed by atoms with E-state index in [0.717, 1.165) is 21.4 Å². The Morgan fingerprint density at radius 3 is 2.28 bits per heavy atom. The van der Waals surface area contributed by atoms with Crippen LogP contribution in [0.3, 0.4) is 0 Å². The van der Waals surface area contributed by atoms with E-state index in [-0.39, 0.29) is 11.8 Å². The summed E-state index contributed by atoms with van der Waals surface area (Å²) in [5.74, 6) is 0.904. The zero-order chi connectivity index (χ0) is 21.2. The lowest BCUT2D eigenvalue weighted by Gasteiger charge is -2.30. The van der Waals surface area contributed by atoms with Crippen LogP contribution in [0.4, 0.5) is 0 Å².